The Hall–Kier alpha value is -0.770. The summed E-state index contributed by atoms with van der Waals surface area (Å²) in [7, 11) is 0. The molecule has 1 fully saturated rings. The van der Waals surface area contributed by atoms with Crippen molar-refractivity contribution < 1.29 is 4.79 Å². The number of carbonyl (C=O) groups is 1. The van der Waals surface area contributed by atoms with Gasteiger partial charge in [-0.3, -0.25) is 0 Å². The Labute approximate surface area is 80.9 Å². The first-order valence-corrected chi connectivity index (χ1v) is 5.11. The molecule has 0 aromatic carbocycles. The highest BCUT2D eigenvalue weighted by molar-refractivity contribution is 5.61. The molecule has 1 aliphatic carbocycles. The first kappa shape index (κ1) is 10.3. The van der Waals surface area contributed by atoms with Crippen molar-refractivity contribution in [3.05, 3.63) is 0 Å². The van der Waals surface area contributed by atoms with Gasteiger partial charge < -0.3 is 4.79 Å². The molecule has 1 saturated carbocycles. The molecule has 13 heavy (non-hydrogen) atoms. The van der Waals surface area contributed by atoms with E-state index in [-0.39, 0.29) is 5.41 Å². The quantitative estimate of drug-likeness (QED) is 0.469. The van der Waals surface area contributed by atoms with Crippen molar-refractivity contribution in [1.29, 1.82) is 0 Å². The SMILES string of the molecule is CC#CCC1(C=O)CCCCC1C. The minimum absolute atomic E-state index is 0.124. The molecule has 0 aliphatic heterocycles. The Morgan fingerprint density at radius 3 is 2.85 bits per heavy atom. The summed E-state index contributed by atoms with van der Waals surface area (Å²) in [6.45, 7) is 4.02. The average Bonchev–Trinajstić information content (AvgIpc) is 2.17. The zero-order valence-electron chi connectivity index (χ0n) is 8.60. The van der Waals surface area contributed by atoms with Crippen LogP contribution in [0.3, 0.4) is 0 Å². The fourth-order valence-corrected chi connectivity index (χ4v) is 2.17. The van der Waals surface area contributed by atoms with E-state index >= 15 is 0 Å². The lowest BCUT2D eigenvalue weighted by Crippen LogP contribution is -2.33. The maximum atomic E-state index is 11.1. The van der Waals surface area contributed by atoms with E-state index in [2.05, 4.69) is 18.8 Å². The van der Waals surface area contributed by atoms with Crippen molar-refractivity contribution in [1.82, 2.24) is 0 Å². The second kappa shape index (κ2) is 4.46. The van der Waals surface area contributed by atoms with E-state index in [1.54, 1.807) is 0 Å². The summed E-state index contributed by atoms with van der Waals surface area (Å²) < 4.78 is 0. The summed E-state index contributed by atoms with van der Waals surface area (Å²) in [6, 6.07) is 0. The second-order valence-corrected chi connectivity index (χ2v) is 4.10. The Morgan fingerprint density at radius 2 is 2.31 bits per heavy atom. The molecule has 0 saturated heterocycles. The molecule has 1 nitrogen and oxygen atoms in total. The van der Waals surface area contributed by atoms with Gasteiger partial charge >= 0.3 is 0 Å². The highest BCUT2D eigenvalue weighted by Gasteiger charge is 2.37. The Morgan fingerprint density at radius 1 is 1.54 bits per heavy atom. The third kappa shape index (κ3) is 2.12. The van der Waals surface area contributed by atoms with E-state index in [1.165, 1.54) is 19.3 Å². The number of rotatable bonds is 2. The average molecular weight is 178 g/mol. The van der Waals surface area contributed by atoms with Gasteiger partial charge in [0, 0.05) is 11.8 Å². The van der Waals surface area contributed by atoms with E-state index in [4.69, 9.17) is 0 Å². The van der Waals surface area contributed by atoms with Crippen molar-refractivity contribution in [2.24, 2.45) is 11.3 Å². The summed E-state index contributed by atoms with van der Waals surface area (Å²) >= 11 is 0. The maximum absolute atomic E-state index is 11.1. The van der Waals surface area contributed by atoms with Gasteiger partial charge in [0.1, 0.15) is 6.29 Å². The normalized spacial score (nSPS) is 33.2. The lowest BCUT2D eigenvalue weighted by Gasteiger charge is -2.36. The minimum atomic E-state index is -0.124. The summed E-state index contributed by atoms with van der Waals surface area (Å²) in [4.78, 5) is 11.1. The van der Waals surface area contributed by atoms with Gasteiger partial charge in [-0.25, -0.2) is 0 Å². The van der Waals surface area contributed by atoms with E-state index in [9.17, 15) is 4.79 Å². The van der Waals surface area contributed by atoms with Crippen molar-refractivity contribution in [3.8, 4) is 11.8 Å². The Kier molecular flexibility index (Phi) is 3.54. The third-order valence-electron chi connectivity index (χ3n) is 3.34. The molecule has 1 aliphatic rings. The molecule has 0 N–H and O–H groups in total. The lowest BCUT2D eigenvalue weighted by atomic mass is 9.66. The fourth-order valence-electron chi connectivity index (χ4n) is 2.17. The van der Waals surface area contributed by atoms with Crippen molar-refractivity contribution in [3.63, 3.8) is 0 Å². The van der Waals surface area contributed by atoms with Crippen LogP contribution in [0.25, 0.3) is 0 Å². The first-order chi connectivity index (χ1) is 6.25. The van der Waals surface area contributed by atoms with E-state index in [0.717, 1.165) is 19.1 Å². The van der Waals surface area contributed by atoms with Gasteiger partial charge in [0.05, 0.1) is 0 Å². The van der Waals surface area contributed by atoms with Crippen molar-refractivity contribution >= 4 is 6.29 Å². The maximum Gasteiger partial charge on any atom is 0.127 e. The van der Waals surface area contributed by atoms with Gasteiger partial charge in [0.25, 0.3) is 0 Å². The van der Waals surface area contributed by atoms with Gasteiger partial charge in [-0.15, -0.1) is 11.8 Å². The highest BCUT2D eigenvalue weighted by Crippen LogP contribution is 2.41. The zero-order valence-corrected chi connectivity index (χ0v) is 8.60. The van der Waals surface area contributed by atoms with Crippen LogP contribution in [0.2, 0.25) is 0 Å². The predicted octanol–water partition coefficient (Wildman–Crippen LogP) is 2.80. The summed E-state index contributed by atoms with van der Waals surface area (Å²) in [6.07, 6.45) is 6.59. The van der Waals surface area contributed by atoms with Crippen LogP contribution < -0.4 is 0 Å². The van der Waals surface area contributed by atoms with Crippen molar-refractivity contribution in [2.75, 3.05) is 0 Å². The molecule has 1 rings (SSSR count). The minimum Gasteiger partial charge on any atom is -0.303 e. The molecule has 0 aromatic rings. The monoisotopic (exact) mass is 178 g/mol. The van der Waals surface area contributed by atoms with Crippen LogP contribution in [0.5, 0.6) is 0 Å². The van der Waals surface area contributed by atoms with Crippen LogP contribution in [0.1, 0.15) is 46.0 Å². The number of carbonyl (C=O) groups excluding carboxylic acids is 1. The van der Waals surface area contributed by atoms with Crippen LogP contribution >= 0.6 is 0 Å². The molecule has 0 amide bonds. The van der Waals surface area contributed by atoms with Gasteiger partial charge in [0.15, 0.2) is 0 Å². The summed E-state index contributed by atoms with van der Waals surface area (Å²) in [5.41, 5.74) is -0.124. The van der Waals surface area contributed by atoms with Gasteiger partial charge in [-0.1, -0.05) is 19.8 Å². The topological polar surface area (TPSA) is 17.1 Å². The van der Waals surface area contributed by atoms with Crippen LogP contribution in [0, 0.1) is 23.2 Å². The molecule has 2 atom stereocenters. The summed E-state index contributed by atoms with van der Waals surface area (Å²) in [5, 5.41) is 0. The first-order valence-electron chi connectivity index (χ1n) is 5.11. The molecule has 2 unspecified atom stereocenters. The number of hydrogen-bond acceptors (Lipinski definition) is 1. The molecule has 0 bridgehead atoms. The Balaban J connectivity index is 2.73. The molecule has 72 valence electrons. The van der Waals surface area contributed by atoms with Gasteiger partial charge in [-0.2, -0.15) is 0 Å². The van der Waals surface area contributed by atoms with Crippen LogP contribution in [-0.4, -0.2) is 6.29 Å². The van der Waals surface area contributed by atoms with Crippen LogP contribution in [-0.2, 0) is 4.79 Å². The predicted molar refractivity (Wildman–Crippen MR) is 54.2 cm³/mol. The van der Waals surface area contributed by atoms with Crippen molar-refractivity contribution in [2.45, 2.75) is 46.0 Å². The van der Waals surface area contributed by atoms with E-state index < -0.39 is 0 Å². The van der Waals surface area contributed by atoms with Crippen LogP contribution in [0.4, 0.5) is 0 Å². The second-order valence-electron chi connectivity index (χ2n) is 4.10. The van der Waals surface area contributed by atoms with Gasteiger partial charge in [0.2, 0.25) is 0 Å². The number of aldehydes is 1. The smallest absolute Gasteiger partial charge is 0.127 e. The van der Waals surface area contributed by atoms with E-state index in [0.29, 0.717) is 5.92 Å². The molecule has 0 aromatic heterocycles. The fraction of sp³-hybridized carbons (Fsp3) is 0.750. The molecule has 0 spiro atoms. The molecular formula is C12H18O. The molecule has 1 heteroatoms. The lowest BCUT2D eigenvalue weighted by molar-refractivity contribution is -0.120. The van der Waals surface area contributed by atoms with E-state index in [1.807, 2.05) is 6.92 Å². The summed E-state index contributed by atoms with van der Waals surface area (Å²) in [5.74, 6) is 6.46. The standard InChI is InChI=1S/C12H18O/c1-3-4-8-12(10-13)9-6-5-7-11(12)2/h10-11H,5-9H2,1-2H3. The van der Waals surface area contributed by atoms with Gasteiger partial charge in [-0.05, 0) is 25.7 Å². The largest absolute Gasteiger partial charge is 0.303 e. The Bertz CT molecular complexity index is 233. The van der Waals surface area contributed by atoms with Crippen LogP contribution in [0.15, 0.2) is 0 Å². The molecule has 0 radical (unpaired) electrons. The number of hydrogen-bond donors (Lipinski definition) is 0. The zero-order chi connectivity index (χ0) is 9.73. The highest BCUT2D eigenvalue weighted by atomic mass is 16.1. The molecule has 0 heterocycles. The molecular weight excluding hydrogens is 160 g/mol. The third-order valence-corrected chi connectivity index (χ3v) is 3.34.